The fraction of sp³-hybridized carbons (Fsp3) is 0.464. The zero-order valence-corrected chi connectivity index (χ0v) is 23.5. The zero-order valence-electron chi connectivity index (χ0n) is 23.5. The molecule has 41 heavy (non-hydrogen) atoms. The number of halogens is 3. The van der Waals surface area contributed by atoms with Crippen molar-refractivity contribution in [2.75, 3.05) is 12.4 Å². The number of hydrogen-bond acceptors (Lipinski definition) is 5. The van der Waals surface area contributed by atoms with E-state index in [2.05, 4.69) is 41.7 Å². The van der Waals surface area contributed by atoms with Crippen LogP contribution in [0.15, 0.2) is 52.8 Å². The molecule has 0 radical (unpaired) electrons. The number of urea groups is 1. The van der Waals surface area contributed by atoms with Gasteiger partial charge in [-0.25, -0.2) is 4.79 Å². The van der Waals surface area contributed by atoms with E-state index in [1.54, 1.807) is 29.2 Å². The SMILES string of the molecule is COc1cc(NC(=O)N(Cc2ccc(C(=O)N/C(N)=N/N=N)cc2)C2CCC(C(C)(C)C)CC2)cc(C(F)(F)F)c1. The van der Waals surface area contributed by atoms with Crippen molar-refractivity contribution in [2.24, 2.45) is 27.4 Å². The average molecular weight is 576 g/mol. The Morgan fingerprint density at radius 2 is 1.71 bits per heavy atom. The molecule has 222 valence electrons. The van der Waals surface area contributed by atoms with E-state index in [1.807, 2.05) is 0 Å². The van der Waals surface area contributed by atoms with Gasteiger partial charge in [0.2, 0.25) is 5.96 Å². The molecule has 1 saturated carbocycles. The molecular weight excluding hydrogens is 539 g/mol. The highest BCUT2D eigenvalue weighted by atomic mass is 19.4. The number of benzene rings is 2. The molecule has 5 N–H and O–H groups in total. The van der Waals surface area contributed by atoms with Gasteiger partial charge in [0, 0.05) is 29.9 Å². The second kappa shape index (κ2) is 13.0. The van der Waals surface area contributed by atoms with Gasteiger partial charge in [-0.3, -0.25) is 10.1 Å². The summed E-state index contributed by atoms with van der Waals surface area (Å²) in [7, 11) is 1.26. The van der Waals surface area contributed by atoms with Crippen LogP contribution in [-0.2, 0) is 12.7 Å². The number of nitrogens with zero attached hydrogens (tertiary/aromatic N) is 3. The van der Waals surface area contributed by atoms with Crippen LogP contribution in [0.2, 0.25) is 0 Å². The van der Waals surface area contributed by atoms with Crippen LogP contribution >= 0.6 is 0 Å². The third-order valence-electron chi connectivity index (χ3n) is 7.31. The topological polar surface area (TPSA) is 145 Å². The Morgan fingerprint density at radius 1 is 1.07 bits per heavy atom. The molecule has 0 spiro atoms. The van der Waals surface area contributed by atoms with E-state index in [1.165, 1.54) is 13.2 Å². The lowest BCUT2D eigenvalue weighted by Gasteiger charge is -2.41. The number of carbonyl (C=O) groups excluding carboxylic acids is 2. The zero-order chi connectivity index (χ0) is 30.4. The maximum atomic E-state index is 13.6. The van der Waals surface area contributed by atoms with Crippen molar-refractivity contribution < 1.29 is 27.5 Å². The minimum atomic E-state index is -4.61. The van der Waals surface area contributed by atoms with Crippen LogP contribution in [0, 0.1) is 16.9 Å². The van der Waals surface area contributed by atoms with E-state index in [0.717, 1.165) is 43.4 Å². The first-order chi connectivity index (χ1) is 19.2. The van der Waals surface area contributed by atoms with Crippen LogP contribution in [0.4, 0.5) is 23.7 Å². The first-order valence-electron chi connectivity index (χ1n) is 13.2. The van der Waals surface area contributed by atoms with E-state index in [9.17, 15) is 22.8 Å². The Bertz CT molecular complexity index is 1270. The van der Waals surface area contributed by atoms with Crippen molar-refractivity contribution >= 4 is 23.6 Å². The van der Waals surface area contributed by atoms with Gasteiger partial charge in [0.25, 0.3) is 5.91 Å². The maximum absolute atomic E-state index is 13.6. The molecule has 0 saturated heterocycles. The van der Waals surface area contributed by atoms with Gasteiger partial charge >= 0.3 is 12.2 Å². The van der Waals surface area contributed by atoms with E-state index in [-0.39, 0.29) is 41.0 Å². The fourth-order valence-electron chi connectivity index (χ4n) is 4.99. The van der Waals surface area contributed by atoms with E-state index in [0.29, 0.717) is 5.92 Å². The number of nitrogens with two attached hydrogens (primary N) is 1. The molecule has 2 aromatic carbocycles. The number of carbonyl (C=O) groups is 2. The standard InChI is InChI=1S/C28H36F3N7O3/c1-27(2,3)19-9-11-22(12-10-19)38(16-17-5-7-18(8-6-17)24(39)35-25(32)36-37-33)26(40)34-21-13-20(28(29,30)31)14-23(15-21)41-4/h5-8,13-15,19,22H,9-12,16H2,1-4H3,(H,34,40)(H4,32,33,35,36,39). The van der Waals surface area contributed by atoms with E-state index < -0.39 is 23.7 Å². The first-order valence-corrected chi connectivity index (χ1v) is 13.2. The Hall–Kier alpha value is -4.16. The number of rotatable bonds is 7. The molecule has 1 fully saturated rings. The highest BCUT2D eigenvalue weighted by molar-refractivity contribution is 6.05. The maximum Gasteiger partial charge on any atom is 0.416 e. The summed E-state index contributed by atoms with van der Waals surface area (Å²) in [6, 6.07) is 8.92. The molecule has 1 aliphatic rings. The van der Waals surface area contributed by atoms with Crippen molar-refractivity contribution in [3.8, 4) is 5.75 Å². The molecule has 2 aromatic rings. The summed E-state index contributed by atoms with van der Waals surface area (Å²) >= 11 is 0. The highest BCUT2D eigenvalue weighted by Crippen LogP contribution is 2.40. The Morgan fingerprint density at radius 3 is 2.24 bits per heavy atom. The molecule has 0 unspecified atom stereocenters. The lowest BCUT2D eigenvalue weighted by atomic mass is 9.71. The summed E-state index contributed by atoms with van der Waals surface area (Å²) in [5, 5.41) is 10.9. The van der Waals surface area contributed by atoms with Crippen molar-refractivity contribution in [1.29, 1.82) is 5.53 Å². The lowest BCUT2D eigenvalue weighted by Crippen LogP contribution is -2.45. The first kappa shape index (κ1) is 31.4. The number of ether oxygens (including phenoxy) is 1. The monoisotopic (exact) mass is 575 g/mol. The van der Waals surface area contributed by atoms with Gasteiger partial charge in [0.05, 0.1) is 12.7 Å². The van der Waals surface area contributed by atoms with Crippen LogP contribution in [0.25, 0.3) is 0 Å². The van der Waals surface area contributed by atoms with Crippen molar-refractivity contribution in [3.05, 3.63) is 59.2 Å². The van der Waals surface area contributed by atoms with Crippen molar-refractivity contribution in [1.82, 2.24) is 10.2 Å². The second-order valence-electron chi connectivity index (χ2n) is 11.1. The third kappa shape index (κ3) is 8.66. The summed E-state index contributed by atoms with van der Waals surface area (Å²) in [5.41, 5.74) is 12.3. The Kier molecular flexibility index (Phi) is 9.95. The average Bonchev–Trinajstić information content (AvgIpc) is 2.91. The van der Waals surface area contributed by atoms with Crippen LogP contribution in [0.5, 0.6) is 5.75 Å². The largest absolute Gasteiger partial charge is 0.497 e. The van der Waals surface area contributed by atoms with Crippen LogP contribution < -0.4 is 21.1 Å². The quantitative estimate of drug-likeness (QED) is 0.132. The fourth-order valence-corrected chi connectivity index (χ4v) is 4.99. The molecule has 0 heterocycles. The summed E-state index contributed by atoms with van der Waals surface area (Å²) < 4.78 is 45.4. The minimum Gasteiger partial charge on any atom is -0.497 e. The van der Waals surface area contributed by atoms with E-state index in [4.69, 9.17) is 16.0 Å². The number of methoxy groups -OCH3 is 1. The molecule has 3 amide bonds. The molecule has 10 nitrogen and oxygen atoms in total. The molecule has 0 aromatic heterocycles. The predicted molar refractivity (Wildman–Crippen MR) is 148 cm³/mol. The summed E-state index contributed by atoms with van der Waals surface area (Å²) in [6.45, 7) is 6.77. The summed E-state index contributed by atoms with van der Waals surface area (Å²) in [6.07, 6.45) is -1.27. The summed E-state index contributed by atoms with van der Waals surface area (Å²) in [4.78, 5) is 27.6. The molecular formula is C28H36F3N7O3. The smallest absolute Gasteiger partial charge is 0.416 e. The highest BCUT2D eigenvalue weighted by Gasteiger charge is 2.35. The Balaban J connectivity index is 1.84. The van der Waals surface area contributed by atoms with Gasteiger partial charge in [0.15, 0.2) is 0 Å². The lowest BCUT2D eigenvalue weighted by molar-refractivity contribution is -0.137. The van der Waals surface area contributed by atoms with Gasteiger partial charge in [-0.2, -0.15) is 18.7 Å². The van der Waals surface area contributed by atoms with Gasteiger partial charge < -0.3 is 20.7 Å². The number of hydrogen-bond donors (Lipinski definition) is 4. The number of anilines is 1. The molecule has 1 aliphatic carbocycles. The Labute approximate surface area is 237 Å². The van der Waals surface area contributed by atoms with Gasteiger partial charge in [0.1, 0.15) is 5.75 Å². The minimum absolute atomic E-state index is 0.0247. The van der Waals surface area contributed by atoms with Crippen molar-refractivity contribution in [3.63, 3.8) is 0 Å². The third-order valence-corrected chi connectivity index (χ3v) is 7.31. The van der Waals surface area contributed by atoms with Crippen molar-refractivity contribution in [2.45, 2.75) is 65.2 Å². The van der Waals surface area contributed by atoms with E-state index >= 15 is 0 Å². The molecule has 0 bridgehead atoms. The number of amides is 3. The summed E-state index contributed by atoms with van der Waals surface area (Å²) in [5.74, 6) is -0.402. The van der Waals surface area contributed by atoms with Gasteiger partial charge in [-0.05, 0) is 72.1 Å². The van der Waals surface area contributed by atoms with Gasteiger partial charge in [-0.1, -0.05) is 38.0 Å². The molecule has 13 heteroatoms. The second-order valence-corrected chi connectivity index (χ2v) is 11.1. The molecule has 0 atom stereocenters. The molecule has 0 aliphatic heterocycles. The predicted octanol–water partition coefficient (Wildman–Crippen LogP) is 6.34. The number of nitrogens with one attached hydrogen (secondary N) is 3. The van der Waals surface area contributed by atoms with Crippen LogP contribution in [0.1, 0.15) is 67.9 Å². The normalized spacial score (nSPS) is 17.9. The van der Waals surface area contributed by atoms with Crippen LogP contribution in [-0.4, -0.2) is 35.9 Å². The number of guanidine groups is 1. The number of alkyl halides is 3. The molecule has 3 rings (SSSR count). The van der Waals surface area contributed by atoms with Gasteiger partial charge in [-0.15, -0.1) is 0 Å². The van der Waals surface area contributed by atoms with Crippen LogP contribution in [0.3, 0.4) is 0 Å².